The summed E-state index contributed by atoms with van der Waals surface area (Å²) in [6.07, 6.45) is 1.000. The van der Waals surface area contributed by atoms with Gasteiger partial charge >= 0.3 is 0 Å². The largest absolute Gasteiger partial charge is 0.371 e. The van der Waals surface area contributed by atoms with Crippen molar-refractivity contribution >= 4 is 0 Å². The molecule has 0 aromatic heterocycles. The third-order valence-electron chi connectivity index (χ3n) is 7.82. The highest BCUT2D eigenvalue weighted by Crippen LogP contribution is 2.43. The van der Waals surface area contributed by atoms with Crippen LogP contribution in [0.4, 0.5) is 0 Å². The van der Waals surface area contributed by atoms with Gasteiger partial charge in [-0.05, 0) is 59.2 Å². The van der Waals surface area contributed by atoms with Gasteiger partial charge in [-0.1, -0.05) is 131 Å². The van der Waals surface area contributed by atoms with E-state index in [1.165, 1.54) is 38.9 Å². The van der Waals surface area contributed by atoms with Crippen molar-refractivity contribution in [1.82, 2.24) is 0 Å². The fraction of sp³-hybridized carbons (Fsp3) is 0.333. The van der Waals surface area contributed by atoms with E-state index in [1.54, 1.807) is 0 Å². The zero-order chi connectivity index (χ0) is 26.4. The van der Waals surface area contributed by atoms with Crippen molar-refractivity contribution in [2.45, 2.75) is 71.3 Å². The lowest BCUT2D eigenvalue weighted by atomic mass is 9.74. The SMILES string of the molecule is CCCOC(C)(C)c1c(C(C)c2ccccc2)cc(C(C)c2ccccc2)cc1C(C)c1ccccc1. The van der Waals surface area contributed by atoms with Gasteiger partial charge in [-0.15, -0.1) is 0 Å². The highest BCUT2D eigenvalue weighted by atomic mass is 16.5. The van der Waals surface area contributed by atoms with Crippen molar-refractivity contribution in [3.63, 3.8) is 0 Å². The van der Waals surface area contributed by atoms with Crippen LogP contribution in [0.1, 0.15) is 105 Å². The molecule has 192 valence electrons. The Labute approximate surface area is 224 Å². The predicted octanol–water partition coefficient (Wildman–Crippen LogP) is 9.80. The van der Waals surface area contributed by atoms with Crippen LogP contribution in [0.5, 0.6) is 0 Å². The quantitative estimate of drug-likeness (QED) is 0.215. The summed E-state index contributed by atoms with van der Waals surface area (Å²) in [6.45, 7) is 14.4. The Balaban J connectivity index is 1.99. The number of rotatable bonds is 10. The van der Waals surface area contributed by atoms with Crippen molar-refractivity contribution in [2.75, 3.05) is 6.61 Å². The molecule has 37 heavy (non-hydrogen) atoms. The van der Waals surface area contributed by atoms with E-state index in [1.807, 2.05) is 0 Å². The smallest absolute Gasteiger partial charge is 0.0881 e. The van der Waals surface area contributed by atoms with Gasteiger partial charge in [-0.25, -0.2) is 0 Å². The summed E-state index contributed by atoms with van der Waals surface area (Å²) in [6, 6.07) is 37.6. The summed E-state index contributed by atoms with van der Waals surface area (Å²) in [5, 5.41) is 0. The first-order chi connectivity index (χ1) is 17.8. The van der Waals surface area contributed by atoms with Crippen LogP contribution in [-0.4, -0.2) is 6.61 Å². The van der Waals surface area contributed by atoms with E-state index in [4.69, 9.17) is 4.74 Å². The molecule has 0 saturated heterocycles. The minimum Gasteiger partial charge on any atom is -0.371 e. The zero-order valence-corrected chi connectivity index (χ0v) is 23.4. The molecule has 0 heterocycles. The lowest BCUT2D eigenvalue weighted by molar-refractivity contribution is -0.0226. The van der Waals surface area contributed by atoms with E-state index in [9.17, 15) is 0 Å². The molecular weight excluding hydrogens is 448 g/mol. The van der Waals surface area contributed by atoms with Crippen molar-refractivity contribution in [3.8, 4) is 0 Å². The Morgan fingerprint density at radius 1 is 0.568 bits per heavy atom. The van der Waals surface area contributed by atoms with Gasteiger partial charge in [-0.2, -0.15) is 0 Å². The Morgan fingerprint density at radius 2 is 0.946 bits per heavy atom. The molecule has 0 aliphatic carbocycles. The number of benzene rings is 4. The van der Waals surface area contributed by atoms with E-state index in [2.05, 4.69) is 145 Å². The zero-order valence-electron chi connectivity index (χ0n) is 23.4. The highest BCUT2D eigenvalue weighted by molar-refractivity contribution is 5.52. The Kier molecular flexibility index (Phi) is 8.67. The fourth-order valence-corrected chi connectivity index (χ4v) is 5.55. The molecule has 4 rings (SSSR count). The van der Waals surface area contributed by atoms with Gasteiger partial charge in [0, 0.05) is 24.4 Å². The first-order valence-electron chi connectivity index (χ1n) is 13.8. The minimum atomic E-state index is -0.415. The lowest BCUT2D eigenvalue weighted by Crippen LogP contribution is -2.28. The van der Waals surface area contributed by atoms with Crippen LogP contribution in [0.25, 0.3) is 0 Å². The molecule has 0 fully saturated rings. The van der Waals surface area contributed by atoms with Gasteiger partial charge in [0.05, 0.1) is 5.60 Å². The van der Waals surface area contributed by atoms with E-state index in [0.29, 0.717) is 5.92 Å². The second kappa shape index (κ2) is 11.9. The van der Waals surface area contributed by atoms with Gasteiger partial charge in [0.2, 0.25) is 0 Å². The molecule has 4 aromatic carbocycles. The molecule has 0 aliphatic rings. The maximum Gasteiger partial charge on any atom is 0.0881 e. The Hall–Kier alpha value is -3.16. The normalized spacial score (nSPS) is 14.2. The number of ether oxygens (including phenoxy) is 1. The molecule has 1 heteroatoms. The standard InChI is InChI=1S/C36H42O/c1-7-23-37-36(5,6)35-33(27(3)30-19-13-9-14-20-30)24-32(26(2)29-17-11-8-12-18-29)25-34(35)28(4)31-21-15-10-16-22-31/h8-22,24-28H,7,23H2,1-6H3. The summed E-state index contributed by atoms with van der Waals surface area (Å²) in [5.41, 5.74) is 9.01. The van der Waals surface area contributed by atoms with Crippen LogP contribution in [0.2, 0.25) is 0 Å². The molecule has 4 aromatic rings. The molecule has 1 nitrogen and oxygen atoms in total. The lowest BCUT2D eigenvalue weighted by Gasteiger charge is -2.35. The average Bonchev–Trinajstić information content (AvgIpc) is 2.95. The third-order valence-corrected chi connectivity index (χ3v) is 7.82. The van der Waals surface area contributed by atoms with E-state index >= 15 is 0 Å². The van der Waals surface area contributed by atoms with Crippen LogP contribution < -0.4 is 0 Å². The molecule has 0 spiro atoms. The van der Waals surface area contributed by atoms with E-state index in [-0.39, 0.29) is 11.8 Å². The van der Waals surface area contributed by atoms with Crippen LogP contribution >= 0.6 is 0 Å². The maximum absolute atomic E-state index is 6.60. The van der Waals surface area contributed by atoms with Gasteiger partial charge in [0.25, 0.3) is 0 Å². The maximum atomic E-state index is 6.60. The second-order valence-corrected chi connectivity index (χ2v) is 10.8. The summed E-state index contributed by atoms with van der Waals surface area (Å²) in [5.74, 6) is 0.772. The molecule has 0 radical (unpaired) electrons. The van der Waals surface area contributed by atoms with Crippen molar-refractivity contribution in [1.29, 1.82) is 0 Å². The van der Waals surface area contributed by atoms with Crippen LogP contribution in [0.3, 0.4) is 0 Å². The summed E-state index contributed by atoms with van der Waals surface area (Å²) in [4.78, 5) is 0. The van der Waals surface area contributed by atoms with Crippen LogP contribution in [-0.2, 0) is 10.3 Å². The predicted molar refractivity (Wildman–Crippen MR) is 158 cm³/mol. The average molecular weight is 491 g/mol. The molecule has 0 saturated carbocycles. The molecule has 0 aliphatic heterocycles. The monoisotopic (exact) mass is 490 g/mol. The van der Waals surface area contributed by atoms with Gasteiger partial charge in [0.1, 0.15) is 0 Å². The minimum absolute atomic E-state index is 0.241. The van der Waals surface area contributed by atoms with E-state index in [0.717, 1.165) is 13.0 Å². The summed E-state index contributed by atoms with van der Waals surface area (Å²) in [7, 11) is 0. The fourth-order valence-electron chi connectivity index (χ4n) is 5.55. The van der Waals surface area contributed by atoms with E-state index < -0.39 is 5.60 Å². The Morgan fingerprint density at radius 3 is 1.32 bits per heavy atom. The molecular formula is C36H42O. The molecule has 0 bridgehead atoms. The Bertz CT molecular complexity index is 1190. The van der Waals surface area contributed by atoms with Gasteiger partial charge in [0.15, 0.2) is 0 Å². The van der Waals surface area contributed by atoms with Crippen molar-refractivity contribution in [3.05, 3.63) is 142 Å². The van der Waals surface area contributed by atoms with Crippen molar-refractivity contribution in [2.24, 2.45) is 0 Å². The summed E-state index contributed by atoms with van der Waals surface area (Å²) < 4.78 is 6.60. The first kappa shape index (κ1) is 26.9. The highest BCUT2D eigenvalue weighted by Gasteiger charge is 2.32. The van der Waals surface area contributed by atoms with Crippen molar-refractivity contribution < 1.29 is 4.74 Å². The molecule has 0 N–H and O–H groups in total. The second-order valence-electron chi connectivity index (χ2n) is 10.8. The molecule has 0 amide bonds. The first-order valence-corrected chi connectivity index (χ1v) is 13.8. The van der Waals surface area contributed by atoms with Crippen LogP contribution in [0, 0.1) is 0 Å². The number of hydrogen-bond acceptors (Lipinski definition) is 1. The third kappa shape index (κ3) is 6.05. The van der Waals surface area contributed by atoms with Gasteiger partial charge in [-0.3, -0.25) is 0 Å². The topological polar surface area (TPSA) is 9.23 Å². The molecule has 3 atom stereocenters. The molecule has 3 unspecified atom stereocenters. The van der Waals surface area contributed by atoms with Crippen LogP contribution in [0.15, 0.2) is 103 Å². The van der Waals surface area contributed by atoms with Gasteiger partial charge < -0.3 is 4.74 Å². The number of hydrogen-bond donors (Lipinski definition) is 0. The summed E-state index contributed by atoms with van der Waals surface area (Å²) >= 11 is 0.